The number of hydrogen-bond acceptors (Lipinski definition) is 6. The lowest BCUT2D eigenvalue weighted by atomic mass is 10.2. The van der Waals surface area contributed by atoms with E-state index in [4.69, 9.17) is 4.98 Å². The Bertz CT molecular complexity index is 1130. The van der Waals surface area contributed by atoms with Gasteiger partial charge in [0.05, 0.1) is 22.0 Å². The van der Waals surface area contributed by atoms with Crippen LogP contribution in [0.3, 0.4) is 0 Å². The molecule has 0 saturated carbocycles. The Morgan fingerprint density at radius 3 is 3.04 bits per heavy atom. The Kier molecular flexibility index (Phi) is 3.61. The molecule has 8 heteroatoms. The highest BCUT2D eigenvalue weighted by molar-refractivity contribution is 7.18. The number of para-hydroxylation sites is 1. The third kappa shape index (κ3) is 2.62. The number of aryl methyl sites for hydroxylation is 1. The number of aromatic nitrogens is 5. The monoisotopic (exact) mass is 366 g/mol. The lowest BCUT2D eigenvalue weighted by Crippen LogP contribution is -2.25. The van der Waals surface area contributed by atoms with Crippen LogP contribution in [0.2, 0.25) is 0 Å². The predicted octanol–water partition coefficient (Wildman–Crippen LogP) is 2.67. The van der Waals surface area contributed by atoms with Crippen molar-refractivity contribution in [1.29, 1.82) is 0 Å². The topological polar surface area (TPSA) is 79.2 Å². The molecule has 0 unspecified atom stereocenters. The van der Waals surface area contributed by atoms with Crippen LogP contribution < -0.4 is 5.56 Å². The molecule has 132 valence electrons. The van der Waals surface area contributed by atoms with Crippen LogP contribution in [0, 0.1) is 6.92 Å². The summed E-state index contributed by atoms with van der Waals surface area (Å²) in [5, 5.41) is 4.06. The lowest BCUT2D eigenvalue weighted by molar-refractivity contribution is 0.245. The van der Waals surface area contributed by atoms with Crippen LogP contribution in [-0.2, 0) is 6.54 Å². The van der Waals surface area contributed by atoms with E-state index in [2.05, 4.69) is 38.2 Å². The van der Waals surface area contributed by atoms with E-state index in [9.17, 15) is 4.79 Å². The van der Waals surface area contributed by atoms with Gasteiger partial charge in [-0.25, -0.2) is 9.97 Å². The van der Waals surface area contributed by atoms with Crippen molar-refractivity contribution in [3.8, 4) is 0 Å². The molecule has 3 aromatic heterocycles. The first-order valence-electron chi connectivity index (χ1n) is 8.72. The normalized spacial score (nSPS) is 18.3. The molecule has 5 rings (SSSR count). The van der Waals surface area contributed by atoms with E-state index in [1.165, 1.54) is 9.22 Å². The van der Waals surface area contributed by atoms with Crippen LogP contribution in [0.1, 0.15) is 35.4 Å². The minimum absolute atomic E-state index is 0.124. The maximum atomic E-state index is 12.3. The largest absolute Gasteiger partial charge is 0.288 e. The highest BCUT2D eigenvalue weighted by Gasteiger charge is 2.29. The summed E-state index contributed by atoms with van der Waals surface area (Å²) in [6.07, 6.45) is 2.21. The number of H-pyrrole nitrogens is 1. The first-order valence-corrected chi connectivity index (χ1v) is 9.54. The van der Waals surface area contributed by atoms with Gasteiger partial charge < -0.3 is 0 Å². The number of benzene rings is 1. The number of nitrogens with one attached hydrogen (secondary N) is 1. The van der Waals surface area contributed by atoms with Gasteiger partial charge in [0.2, 0.25) is 0 Å². The van der Waals surface area contributed by atoms with Gasteiger partial charge in [-0.2, -0.15) is 9.50 Å². The molecule has 1 N–H and O–H groups in total. The number of hydrogen-bond donors (Lipinski definition) is 1. The van der Waals surface area contributed by atoms with Crippen molar-refractivity contribution in [1.82, 2.24) is 29.5 Å². The Morgan fingerprint density at radius 1 is 1.27 bits per heavy atom. The number of rotatable bonds is 3. The van der Waals surface area contributed by atoms with Crippen LogP contribution in [0.25, 0.3) is 16.0 Å². The fourth-order valence-corrected chi connectivity index (χ4v) is 4.79. The van der Waals surface area contributed by atoms with Gasteiger partial charge in [0.15, 0.2) is 0 Å². The van der Waals surface area contributed by atoms with E-state index in [0.29, 0.717) is 18.1 Å². The van der Waals surface area contributed by atoms with Crippen LogP contribution in [-0.4, -0.2) is 36.0 Å². The lowest BCUT2D eigenvalue weighted by Gasteiger charge is -2.22. The molecular formula is C18H18N6OS. The van der Waals surface area contributed by atoms with Gasteiger partial charge in [-0.15, -0.1) is 11.3 Å². The Hall–Kier alpha value is -2.58. The highest BCUT2D eigenvalue weighted by Crippen LogP contribution is 2.36. The van der Waals surface area contributed by atoms with Crippen molar-refractivity contribution in [2.24, 2.45) is 0 Å². The molecule has 0 aliphatic carbocycles. The van der Waals surface area contributed by atoms with Crippen molar-refractivity contribution >= 4 is 27.3 Å². The van der Waals surface area contributed by atoms with Crippen molar-refractivity contribution < 1.29 is 0 Å². The smallest absolute Gasteiger partial charge is 0.274 e. The summed E-state index contributed by atoms with van der Waals surface area (Å²) in [5.74, 6) is 1.11. The summed E-state index contributed by atoms with van der Waals surface area (Å²) >= 11 is 1.76. The molecule has 7 nitrogen and oxygen atoms in total. The van der Waals surface area contributed by atoms with Crippen molar-refractivity contribution in [3.63, 3.8) is 0 Å². The number of thiazole rings is 1. The third-order valence-electron chi connectivity index (χ3n) is 4.82. The zero-order valence-electron chi connectivity index (χ0n) is 14.3. The van der Waals surface area contributed by atoms with Gasteiger partial charge in [0.25, 0.3) is 11.3 Å². The average Bonchev–Trinajstić information content (AvgIpc) is 3.31. The summed E-state index contributed by atoms with van der Waals surface area (Å²) in [4.78, 5) is 28.3. The van der Waals surface area contributed by atoms with E-state index in [0.717, 1.165) is 35.6 Å². The molecule has 0 radical (unpaired) electrons. The standard InChI is InChI=1S/C18H18N6OS/c1-11-19-18-20-12(9-16(25)24(18)22-11)10-23-8-4-6-14(23)17-21-13-5-2-3-7-15(13)26-17/h2-3,5,7,9,14H,4,6,8,10H2,1H3,(H,19,20,22)/t14-/m0/s1. The summed E-state index contributed by atoms with van der Waals surface area (Å²) < 4.78 is 2.60. The van der Waals surface area contributed by atoms with E-state index < -0.39 is 0 Å². The molecule has 1 atom stereocenters. The van der Waals surface area contributed by atoms with Crippen molar-refractivity contribution in [2.45, 2.75) is 32.4 Å². The molecule has 0 amide bonds. The number of likely N-dealkylation sites (tertiary alicyclic amines) is 1. The zero-order valence-corrected chi connectivity index (χ0v) is 15.2. The van der Waals surface area contributed by atoms with Gasteiger partial charge in [-0.3, -0.25) is 14.8 Å². The van der Waals surface area contributed by atoms with Crippen molar-refractivity contribution in [3.05, 3.63) is 57.2 Å². The van der Waals surface area contributed by atoms with E-state index >= 15 is 0 Å². The summed E-state index contributed by atoms with van der Waals surface area (Å²) in [5.41, 5.74) is 1.69. The second-order valence-corrected chi connectivity index (χ2v) is 7.74. The minimum atomic E-state index is -0.124. The number of fused-ring (bicyclic) bond motifs is 2. The second-order valence-electron chi connectivity index (χ2n) is 6.68. The average molecular weight is 366 g/mol. The summed E-state index contributed by atoms with van der Waals surface area (Å²) in [6.45, 7) is 3.44. The molecule has 1 aliphatic heterocycles. The molecule has 4 aromatic rings. The van der Waals surface area contributed by atoms with Crippen molar-refractivity contribution in [2.75, 3.05) is 6.54 Å². The molecule has 4 heterocycles. The minimum Gasteiger partial charge on any atom is -0.288 e. The summed E-state index contributed by atoms with van der Waals surface area (Å²) in [7, 11) is 0. The van der Waals surface area contributed by atoms with Gasteiger partial charge >= 0.3 is 0 Å². The van der Waals surface area contributed by atoms with Gasteiger partial charge in [0.1, 0.15) is 10.8 Å². The molecule has 0 spiro atoms. The second kappa shape index (κ2) is 6.00. The predicted molar refractivity (Wildman–Crippen MR) is 100 cm³/mol. The SMILES string of the molecule is Cc1nc2nc(CN3CCC[C@H]3c3nc4ccccc4s3)cc(=O)n2[nH]1. The van der Waals surface area contributed by atoms with Gasteiger partial charge in [0, 0.05) is 12.6 Å². The number of aromatic amines is 1. The molecule has 26 heavy (non-hydrogen) atoms. The van der Waals surface area contributed by atoms with E-state index in [1.807, 2.05) is 13.0 Å². The Balaban J connectivity index is 1.46. The molecule has 1 aromatic carbocycles. The van der Waals surface area contributed by atoms with Crippen LogP contribution in [0.15, 0.2) is 35.1 Å². The maximum Gasteiger partial charge on any atom is 0.274 e. The number of nitrogens with zero attached hydrogens (tertiary/aromatic N) is 5. The maximum absolute atomic E-state index is 12.3. The Morgan fingerprint density at radius 2 is 2.15 bits per heavy atom. The molecule has 1 aliphatic rings. The quantitative estimate of drug-likeness (QED) is 0.603. The fourth-order valence-electron chi connectivity index (χ4n) is 3.65. The first-order chi connectivity index (χ1) is 12.7. The molecule has 0 bridgehead atoms. The summed E-state index contributed by atoms with van der Waals surface area (Å²) in [6, 6.07) is 10.1. The van der Waals surface area contributed by atoms with Crippen LogP contribution in [0.5, 0.6) is 0 Å². The first kappa shape index (κ1) is 15.7. The van der Waals surface area contributed by atoms with E-state index in [1.54, 1.807) is 17.4 Å². The highest BCUT2D eigenvalue weighted by atomic mass is 32.1. The molecule has 1 fully saturated rings. The van der Waals surface area contributed by atoms with E-state index in [-0.39, 0.29) is 11.6 Å². The van der Waals surface area contributed by atoms with Crippen LogP contribution in [0.4, 0.5) is 0 Å². The fraction of sp³-hybridized carbons (Fsp3) is 0.333. The molecular weight excluding hydrogens is 348 g/mol. The Labute approximate surface area is 153 Å². The van der Waals surface area contributed by atoms with Crippen LogP contribution >= 0.6 is 11.3 Å². The molecule has 1 saturated heterocycles. The van der Waals surface area contributed by atoms with Gasteiger partial charge in [-0.05, 0) is 38.4 Å². The third-order valence-corrected chi connectivity index (χ3v) is 5.96. The zero-order chi connectivity index (χ0) is 17.7. The van der Waals surface area contributed by atoms with Gasteiger partial charge in [-0.1, -0.05) is 12.1 Å².